The van der Waals surface area contributed by atoms with Gasteiger partial charge in [-0.05, 0) is 24.1 Å². The number of thiazole rings is 1. The Kier molecular flexibility index (Phi) is 5.72. The quantitative estimate of drug-likeness (QED) is 0.443. The molecule has 0 saturated carbocycles. The molecule has 0 amide bonds. The van der Waals surface area contributed by atoms with Crippen LogP contribution in [0.5, 0.6) is 0 Å². The highest BCUT2D eigenvalue weighted by Gasteiger charge is 2.15. The Labute approximate surface area is 168 Å². The van der Waals surface area contributed by atoms with Gasteiger partial charge < -0.3 is 9.32 Å². The van der Waals surface area contributed by atoms with Crippen molar-refractivity contribution in [2.75, 3.05) is 11.4 Å². The number of aryl methyl sites for hydroxylation is 1. The summed E-state index contributed by atoms with van der Waals surface area (Å²) in [7, 11) is 0. The molecule has 0 atom stereocenters. The SMILES string of the molecule is CCc1cnc(N(CCc2cscn2)Cc2coc(-c3ccccc3)n2)nc1. The molecular formula is C21H21N5OS. The lowest BCUT2D eigenvalue weighted by Crippen LogP contribution is -2.27. The summed E-state index contributed by atoms with van der Waals surface area (Å²) in [5, 5.41) is 2.07. The summed E-state index contributed by atoms with van der Waals surface area (Å²) in [5.41, 5.74) is 5.86. The van der Waals surface area contributed by atoms with Crippen LogP contribution in [-0.4, -0.2) is 26.5 Å². The number of nitrogens with zero attached hydrogens (tertiary/aromatic N) is 5. The van der Waals surface area contributed by atoms with Gasteiger partial charge in [0.15, 0.2) is 0 Å². The number of anilines is 1. The fraction of sp³-hybridized carbons (Fsp3) is 0.238. The second kappa shape index (κ2) is 8.75. The Morgan fingerprint density at radius 1 is 1.04 bits per heavy atom. The molecule has 4 aromatic rings. The Morgan fingerprint density at radius 2 is 1.86 bits per heavy atom. The maximum Gasteiger partial charge on any atom is 0.226 e. The van der Waals surface area contributed by atoms with Gasteiger partial charge in [0.1, 0.15) is 6.26 Å². The highest BCUT2D eigenvalue weighted by atomic mass is 32.1. The number of rotatable bonds is 8. The molecule has 0 spiro atoms. The summed E-state index contributed by atoms with van der Waals surface area (Å²) < 4.78 is 5.69. The molecule has 7 heteroatoms. The van der Waals surface area contributed by atoms with Crippen LogP contribution in [0.3, 0.4) is 0 Å². The third-order valence-corrected chi connectivity index (χ3v) is 5.06. The Balaban J connectivity index is 1.53. The van der Waals surface area contributed by atoms with Crippen molar-refractivity contribution in [1.82, 2.24) is 19.9 Å². The zero-order chi connectivity index (χ0) is 19.2. The van der Waals surface area contributed by atoms with E-state index in [2.05, 4.69) is 37.1 Å². The van der Waals surface area contributed by atoms with Crippen LogP contribution in [0.1, 0.15) is 23.9 Å². The molecule has 3 heterocycles. The van der Waals surface area contributed by atoms with Gasteiger partial charge in [-0.2, -0.15) is 0 Å². The Morgan fingerprint density at radius 3 is 2.57 bits per heavy atom. The van der Waals surface area contributed by atoms with Gasteiger partial charge in [-0.1, -0.05) is 25.1 Å². The van der Waals surface area contributed by atoms with Crippen LogP contribution >= 0.6 is 11.3 Å². The van der Waals surface area contributed by atoms with Gasteiger partial charge in [0.25, 0.3) is 0 Å². The van der Waals surface area contributed by atoms with Gasteiger partial charge in [-0.25, -0.2) is 19.9 Å². The molecule has 6 nitrogen and oxygen atoms in total. The summed E-state index contributed by atoms with van der Waals surface area (Å²) >= 11 is 1.61. The predicted molar refractivity (Wildman–Crippen MR) is 110 cm³/mol. The fourth-order valence-corrected chi connectivity index (χ4v) is 3.44. The molecule has 0 saturated heterocycles. The Bertz CT molecular complexity index is 983. The van der Waals surface area contributed by atoms with Crippen molar-refractivity contribution in [3.05, 3.63) is 76.8 Å². The molecule has 3 aromatic heterocycles. The van der Waals surface area contributed by atoms with Gasteiger partial charge in [0.05, 0.1) is 23.4 Å². The summed E-state index contributed by atoms with van der Waals surface area (Å²) in [6.07, 6.45) is 7.22. The lowest BCUT2D eigenvalue weighted by atomic mass is 10.2. The van der Waals surface area contributed by atoms with Crippen molar-refractivity contribution >= 4 is 17.3 Å². The molecule has 28 heavy (non-hydrogen) atoms. The van der Waals surface area contributed by atoms with E-state index in [9.17, 15) is 0 Å². The third-order valence-electron chi connectivity index (χ3n) is 4.43. The second-order valence-electron chi connectivity index (χ2n) is 6.41. The summed E-state index contributed by atoms with van der Waals surface area (Å²) in [6.45, 7) is 3.42. The van der Waals surface area contributed by atoms with E-state index in [0.29, 0.717) is 18.4 Å². The minimum absolute atomic E-state index is 0.575. The molecule has 0 bridgehead atoms. The second-order valence-corrected chi connectivity index (χ2v) is 7.12. The highest BCUT2D eigenvalue weighted by Crippen LogP contribution is 2.20. The van der Waals surface area contributed by atoms with E-state index in [-0.39, 0.29) is 0 Å². The number of hydrogen-bond acceptors (Lipinski definition) is 7. The molecule has 0 aliphatic rings. The van der Waals surface area contributed by atoms with Crippen LogP contribution in [0, 0.1) is 0 Å². The smallest absolute Gasteiger partial charge is 0.226 e. The molecular weight excluding hydrogens is 370 g/mol. The minimum Gasteiger partial charge on any atom is -0.444 e. The first-order chi connectivity index (χ1) is 13.8. The summed E-state index contributed by atoms with van der Waals surface area (Å²) in [6, 6.07) is 9.90. The zero-order valence-corrected chi connectivity index (χ0v) is 16.5. The van der Waals surface area contributed by atoms with E-state index >= 15 is 0 Å². The van der Waals surface area contributed by atoms with Crippen molar-refractivity contribution in [2.45, 2.75) is 26.3 Å². The van der Waals surface area contributed by atoms with Gasteiger partial charge in [0.2, 0.25) is 11.8 Å². The van der Waals surface area contributed by atoms with Crippen LogP contribution in [0.15, 0.2) is 64.3 Å². The number of aromatic nitrogens is 4. The molecule has 0 fully saturated rings. The standard InChI is InChI=1S/C21H21N5OS/c1-2-16-10-22-21(23-11-16)26(9-8-18-14-28-15-24-18)12-19-13-27-20(25-19)17-6-4-3-5-7-17/h3-7,10-11,13-15H,2,8-9,12H2,1H3. The van der Waals surface area contributed by atoms with Gasteiger partial charge in [0, 0.05) is 36.3 Å². The molecule has 1 aromatic carbocycles. The molecule has 142 valence electrons. The molecule has 0 radical (unpaired) electrons. The normalized spacial score (nSPS) is 10.9. The van der Waals surface area contributed by atoms with Gasteiger partial charge >= 0.3 is 0 Å². The molecule has 4 rings (SSSR count). The maximum atomic E-state index is 5.69. The van der Waals surface area contributed by atoms with E-state index in [4.69, 9.17) is 4.42 Å². The number of hydrogen-bond donors (Lipinski definition) is 0. The monoisotopic (exact) mass is 391 g/mol. The van der Waals surface area contributed by atoms with Crippen molar-refractivity contribution in [3.8, 4) is 11.5 Å². The van der Waals surface area contributed by atoms with E-state index in [1.807, 2.05) is 48.2 Å². The van der Waals surface area contributed by atoms with E-state index in [0.717, 1.165) is 41.9 Å². The topological polar surface area (TPSA) is 67.9 Å². The van der Waals surface area contributed by atoms with Crippen LogP contribution in [0.4, 0.5) is 5.95 Å². The largest absolute Gasteiger partial charge is 0.444 e. The van der Waals surface area contributed by atoms with E-state index in [1.165, 1.54) is 0 Å². The molecule has 0 N–H and O–H groups in total. The highest BCUT2D eigenvalue weighted by molar-refractivity contribution is 7.07. The summed E-state index contributed by atoms with van der Waals surface area (Å²) in [5.74, 6) is 1.31. The van der Waals surface area contributed by atoms with E-state index < -0.39 is 0 Å². The predicted octanol–water partition coefficient (Wildman–Crippen LogP) is 4.40. The van der Waals surface area contributed by atoms with Gasteiger partial charge in [-0.3, -0.25) is 0 Å². The third kappa shape index (κ3) is 4.43. The molecule has 0 aliphatic carbocycles. The van der Waals surface area contributed by atoms with Crippen LogP contribution in [-0.2, 0) is 19.4 Å². The van der Waals surface area contributed by atoms with E-state index in [1.54, 1.807) is 17.6 Å². The van der Waals surface area contributed by atoms with Crippen molar-refractivity contribution < 1.29 is 4.42 Å². The van der Waals surface area contributed by atoms with Crippen molar-refractivity contribution in [2.24, 2.45) is 0 Å². The first-order valence-electron chi connectivity index (χ1n) is 9.24. The van der Waals surface area contributed by atoms with Crippen molar-refractivity contribution in [1.29, 1.82) is 0 Å². The lowest BCUT2D eigenvalue weighted by molar-refractivity contribution is 0.571. The van der Waals surface area contributed by atoms with Crippen LogP contribution in [0.2, 0.25) is 0 Å². The average molecular weight is 392 g/mol. The fourth-order valence-electron chi connectivity index (χ4n) is 2.84. The molecule has 0 aliphatic heterocycles. The average Bonchev–Trinajstić information content (AvgIpc) is 3.44. The lowest BCUT2D eigenvalue weighted by Gasteiger charge is -2.21. The first kappa shape index (κ1) is 18.3. The zero-order valence-electron chi connectivity index (χ0n) is 15.7. The van der Waals surface area contributed by atoms with Crippen LogP contribution in [0.25, 0.3) is 11.5 Å². The van der Waals surface area contributed by atoms with Gasteiger partial charge in [-0.15, -0.1) is 11.3 Å². The number of oxazole rings is 1. The van der Waals surface area contributed by atoms with Crippen molar-refractivity contribution in [3.63, 3.8) is 0 Å². The maximum absolute atomic E-state index is 5.69. The first-order valence-corrected chi connectivity index (χ1v) is 10.2. The minimum atomic E-state index is 0.575. The number of benzene rings is 1. The molecule has 0 unspecified atom stereocenters. The van der Waals surface area contributed by atoms with Crippen LogP contribution < -0.4 is 4.90 Å². The Hall–Kier alpha value is -3.06. The summed E-state index contributed by atoms with van der Waals surface area (Å²) in [4.78, 5) is 20.2.